The first kappa shape index (κ1) is 16.6. The van der Waals surface area contributed by atoms with Crippen LogP contribution in [-0.4, -0.2) is 17.0 Å². The molecule has 0 aromatic heterocycles. The van der Waals surface area contributed by atoms with Crippen LogP contribution in [0.5, 0.6) is 5.75 Å². The van der Waals surface area contributed by atoms with E-state index in [9.17, 15) is 14.7 Å². The van der Waals surface area contributed by atoms with Crippen LogP contribution in [0, 0.1) is 0 Å². The Hall–Kier alpha value is -3.25. The number of halogens is 1. The number of fused-ring (bicyclic) bond motifs is 1. The van der Waals surface area contributed by atoms with E-state index in [1.807, 2.05) is 24.3 Å². The topological polar surface area (TPSA) is 90.5 Å². The Morgan fingerprint density at radius 3 is 2.20 bits per heavy atom. The fourth-order valence-corrected chi connectivity index (χ4v) is 2.41. The Bertz CT molecular complexity index is 942. The lowest BCUT2D eigenvalue weighted by Crippen LogP contribution is -2.43. The fourth-order valence-electron chi connectivity index (χ4n) is 2.29. The maximum Gasteiger partial charge on any atom is 0.337 e. The van der Waals surface area contributed by atoms with E-state index in [1.165, 1.54) is 6.07 Å². The predicted molar refractivity (Wildman–Crippen MR) is 96.7 cm³/mol. The summed E-state index contributed by atoms with van der Waals surface area (Å²) in [6, 6.07) is 16.3. The summed E-state index contributed by atoms with van der Waals surface area (Å²) >= 11 is 5.77. The van der Waals surface area contributed by atoms with Crippen molar-refractivity contribution in [3.63, 3.8) is 0 Å². The third-order valence-electron chi connectivity index (χ3n) is 3.50. The molecule has 3 amide bonds. The quantitative estimate of drug-likeness (QED) is 0.529. The first-order chi connectivity index (χ1) is 12.0. The average Bonchev–Trinajstić information content (AvgIpc) is 2.61. The number of benzene rings is 3. The van der Waals surface area contributed by atoms with Gasteiger partial charge in [-0.2, -0.15) is 0 Å². The number of phenolic OH excluding ortho intramolecular Hbond substituents is 1. The minimum atomic E-state index is -0.630. The van der Waals surface area contributed by atoms with Gasteiger partial charge < -0.3 is 10.4 Å². The minimum absolute atomic E-state index is 0.0606. The van der Waals surface area contributed by atoms with Crippen LogP contribution in [0.1, 0.15) is 10.4 Å². The van der Waals surface area contributed by atoms with E-state index in [-0.39, 0.29) is 11.3 Å². The molecule has 0 unspecified atom stereocenters. The number of hydrogen-bond acceptors (Lipinski definition) is 3. The van der Waals surface area contributed by atoms with Crippen molar-refractivity contribution in [3.8, 4) is 5.75 Å². The van der Waals surface area contributed by atoms with Crippen LogP contribution >= 0.6 is 11.6 Å². The lowest BCUT2D eigenvalue weighted by molar-refractivity contribution is 0.0935. The van der Waals surface area contributed by atoms with Gasteiger partial charge >= 0.3 is 6.03 Å². The largest absolute Gasteiger partial charge is 0.507 e. The molecule has 6 nitrogen and oxygen atoms in total. The van der Waals surface area contributed by atoms with Crippen LogP contribution in [-0.2, 0) is 0 Å². The van der Waals surface area contributed by atoms with Crippen molar-refractivity contribution in [2.45, 2.75) is 0 Å². The van der Waals surface area contributed by atoms with Gasteiger partial charge in [0.15, 0.2) is 0 Å². The number of phenols is 1. The first-order valence-electron chi connectivity index (χ1n) is 7.37. The molecule has 0 aliphatic rings. The van der Waals surface area contributed by atoms with E-state index in [0.717, 1.165) is 10.8 Å². The molecule has 3 rings (SSSR count). The molecular formula is C18H14ClN3O3. The number of nitrogens with one attached hydrogen (secondary N) is 3. The molecule has 3 aromatic rings. The zero-order chi connectivity index (χ0) is 17.8. The Labute approximate surface area is 148 Å². The summed E-state index contributed by atoms with van der Waals surface area (Å²) < 4.78 is 0. The number of anilines is 1. The smallest absolute Gasteiger partial charge is 0.337 e. The summed E-state index contributed by atoms with van der Waals surface area (Å²) in [5.41, 5.74) is 5.05. The number of hydrazine groups is 1. The van der Waals surface area contributed by atoms with E-state index < -0.39 is 11.9 Å². The van der Waals surface area contributed by atoms with Crippen molar-refractivity contribution in [1.82, 2.24) is 10.9 Å². The highest BCUT2D eigenvalue weighted by molar-refractivity contribution is 6.30. The highest BCUT2D eigenvalue weighted by Crippen LogP contribution is 2.24. The zero-order valence-corrected chi connectivity index (χ0v) is 13.7. The number of rotatable bonds is 2. The number of urea groups is 1. The van der Waals surface area contributed by atoms with Gasteiger partial charge in [-0.15, -0.1) is 0 Å². The molecule has 7 heteroatoms. The van der Waals surface area contributed by atoms with Gasteiger partial charge in [0, 0.05) is 10.7 Å². The predicted octanol–water partition coefficient (Wildman–Crippen LogP) is 3.67. The van der Waals surface area contributed by atoms with Gasteiger partial charge in [-0.1, -0.05) is 35.9 Å². The minimum Gasteiger partial charge on any atom is -0.507 e. The number of aromatic hydroxyl groups is 1. The molecule has 0 atom stereocenters. The summed E-state index contributed by atoms with van der Waals surface area (Å²) in [6.07, 6.45) is 0. The van der Waals surface area contributed by atoms with E-state index >= 15 is 0 Å². The zero-order valence-electron chi connectivity index (χ0n) is 12.9. The molecule has 4 N–H and O–H groups in total. The van der Waals surface area contributed by atoms with E-state index in [0.29, 0.717) is 10.7 Å². The summed E-state index contributed by atoms with van der Waals surface area (Å²) in [4.78, 5) is 24.0. The van der Waals surface area contributed by atoms with Crippen molar-refractivity contribution in [2.24, 2.45) is 0 Å². The second-order valence-corrected chi connectivity index (χ2v) is 5.69. The Morgan fingerprint density at radius 2 is 1.52 bits per heavy atom. The molecule has 0 aliphatic heterocycles. The Kier molecular flexibility index (Phi) is 4.72. The molecule has 0 spiro atoms. The first-order valence-corrected chi connectivity index (χ1v) is 7.75. The monoisotopic (exact) mass is 355 g/mol. The Morgan fingerprint density at radius 1 is 0.880 bits per heavy atom. The third-order valence-corrected chi connectivity index (χ3v) is 3.75. The highest BCUT2D eigenvalue weighted by Gasteiger charge is 2.13. The van der Waals surface area contributed by atoms with Gasteiger partial charge in [-0.25, -0.2) is 10.2 Å². The second kappa shape index (κ2) is 7.11. The maximum absolute atomic E-state index is 12.2. The van der Waals surface area contributed by atoms with Gasteiger partial charge in [0.1, 0.15) is 5.75 Å². The fraction of sp³-hybridized carbons (Fsp3) is 0. The molecule has 0 fully saturated rings. The van der Waals surface area contributed by atoms with Crippen LogP contribution in [0.2, 0.25) is 5.02 Å². The normalized spacial score (nSPS) is 10.3. The number of carbonyl (C=O) groups is 2. The van der Waals surface area contributed by atoms with Gasteiger partial charge in [0.2, 0.25) is 0 Å². The molecule has 0 aliphatic carbocycles. The van der Waals surface area contributed by atoms with Crippen molar-refractivity contribution in [2.75, 3.05) is 5.32 Å². The third kappa shape index (κ3) is 3.99. The van der Waals surface area contributed by atoms with Crippen molar-refractivity contribution < 1.29 is 14.7 Å². The summed E-state index contributed by atoms with van der Waals surface area (Å²) in [7, 11) is 0. The van der Waals surface area contributed by atoms with E-state index in [4.69, 9.17) is 11.6 Å². The molecule has 0 bridgehead atoms. The van der Waals surface area contributed by atoms with Crippen molar-refractivity contribution in [1.29, 1.82) is 0 Å². The van der Waals surface area contributed by atoms with E-state index in [2.05, 4.69) is 16.2 Å². The number of hydrogen-bond donors (Lipinski definition) is 4. The lowest BCUT2D eigenvalue weighted by Gasteiger charge is -2.10. The van der Waals surface area contributed by atoms with Crippen molar-refractivity contribution >= 4 is 40.0 Å². The van der Waals surface area contributed by atoms with Gasteiger partial charge in [0.05, 0.1) is 5.56 Å². The highest BCUT2D eigenvalue weighted by atomic mass is 35.5. The number of carbonyl (C=O) groups excluding carboxylic acids is 2. The molecular weight excluding hydrogens is 342 g/mol. The molecule has 126 valence electrons. The van der Waals surface area contributed by atoms with E-state index in [1.54, 1.807) is 30.3 Å². The number of amides is 3. The SMILES string of the molecule is O=C(NNC(=O)c1cc2ccccc2cc1O)Nc1ccc(Cl)cc1. The maximum atomic E-state index is 12.2. The average molecular weight is 356 g/mol. The lowest BCUT2D eigenvalue weighted by atomic mass is 10.1. The van der Waals surface area contributed by atoms with Crippen LogP contribution in [0.15, 0.2) is 60.7 Å². The van der Waals surface area contributed by atoms with Gasteiger partial charge in [-0.05, 0) is 47.2 Å². The van der Waals surface area contributed by atoms with Crippen LogP contribution < -0.4 is 16.2 Å². The second-order valence-electron chi connectivity index (χ2n) is 5.26. The molecule has 0 saturated carbocycles. The Balaban J connectivity index is 1.65. The van der Waals surface area contributed by atoms with Crippen molar-refractivity contribution in [3.05, 3.63) is 71.2 Å². The van der Waals surface area contributed by atoms with Crippen LogP contribution in [0.25, 0.3) is 10.8 Å². The summed E-state index contributed by atoms with van der Waals surface area (Å²) in [5, 5.41) is 14.7. The summed E-state index contributed by atoms with van der Waals surface area (Å²) in [5.74, 6) is -0.800. The molecule has 0 saturated heterocycles. The molecule has 25 heavy (non-hydrogen) atoms. The van der Waals surface area contributed by atoms with Gasteiger partial charge in [-0.3, -0.25) is 10.2 Å². The molecule has 0 heterocycles. The molecule has 0 radical (unpaired) electrons. The van der Waals surface area contributed by atoms with Gasteiger partial charge in [0.25, 0.3) is 5.91 Å². The molecule has 3 aromatic carbocycles. The van der Waals surface area contributed by atoms with Crippen LogP contribution in [0.4, 0.5) is 10.5 Å². The summed E-state index contributed by atoms with van der Waals surface area (Å²) in [6.45, 7) is 0. The van der Waals surface area contributed by atoms with Crippen LogP contribution in [0.3, 0.4) is 0 Å². The standard InChI is InChI=1S/C18H14ClN3O3/c19-13-5-7-14(8-6-13)20-18(25)22-21-17(24)15-9-11-3-1-2-4-12(11)10-16(15)23/h1-10,23H,(H,21,24)(H2,20,22,25).